The smallest absolute Gasteiger partial charge is 0.206 e. The Kier molecular flexibility index (Phi) is 6.68. The predicted molar refractivity (Wildman–Crippen MR) is 70.5 cm³/mol. The number of unbranched alkanes of at least 4 members (excludes halogenated alkanes) is 2. The van der Waals surface area contributed by atoms with E-state index in [1.165, 1.54) is 12.8 Å². The number of hydrogen-bond acceptors (Lipinski definition) is 2. The van der Waals surface area contributed by atoms with Crippen molar-refractivity contribution < 1.29 is 9.09 Å². The highest BCUT2D eigenvalue weighted by Gasteiger charge is 2.35. The van der Waals surface area contributed by atoms with Crippen LogP contribution in [0.5, 0.6) is 0 Å². The van der Waals surface area contributed by atoms with Crippen LogP contribution in [0, 0.1) is 0 Å². The molecule has 2 nitrogen and oxygen atoms in total. The van der Waals surface area contributed by atoms with Crippen LogP contribution >= 0.6 is 7.37 Å². The van der Waals surface area contributed by atoms with E-state index in [0.717, 1.165) is 44.7 Å². The minimum absolute atomic E-state index is 0.385. The molecule has 0 N–H and O–H groups in total. The maximum atomic E-state index is 12.8. The van der Waals surface area contributed by atoms with Gasteiger partial charge in [-0.3, -0.25) is 4.57 Å². The zero-order chi connectivity index (χ0) is 11.9. The SMILES string of the molecule is CCCCOP(=O)(CCCC)C1CCCC1. The van der Waals surface area contributed by atoms with Crippen molar-refractivity contribution in [2.45, 2.75) is 70.9 Å². The van der Waals surface area contributed by atoms with Crippen LogP contribution < -0.4 is 0 Å². The van der Waals surface area contributed by atoms with Gasteiger partial charge in [-0.15, -0.1) is 0 Å². The minimum atomic E-state index is -2.31. The fourth-order valence-corrected chi connectivity index (χ4v) is 5.44. The Balaban J connectivity index is 2.48. The molecule has 0 bridgehead atoms. The topological polar surface area (TPSA) is 26.3 Å². The van der Waals surface area contributed by atoms with Crippen molar-refractivity contribution in [3.8, 4) is 0 Å². The monoisotopic (exact) mass is 246 g/mol. The van der Waals surface area contributed by atoms with Gasteiger partial charge in [0, 0.05) is 11.8 Å². The lowest BCUT2D eigenvalue weighted by Crippen LogP contribution is -2.10. The summed E-state index contributed by atoms with van der Waals surface area (Å²) in [5.41, 5.74) is 0.385. The highest BCUT2D eigenvalue weighted by Crippen LogP contribution is 2.57. The molecule has 1 rings (SSSR count). The fourth-order valence-electron chi connectivity index (χ4n) is 2.39. The highest BCUT2D eigenvalue weighted by molar-refractivity contribution is 7.59. The summed E-state index contributed by atoms with van der Waals surface area (Å²) in [5.74, 6) is 0. The summed E-state index contributed by atoms with van der Waals surface area (Å²) in [5, 5.41) is 0. The lowest BCUT2D eigenvalue weighted by Gasteiger charge is -2.24. The van der Waals surface area contributed by atoms with Gasteiger partial charge >= 0.3 is 0 Å². The molecule has 0 aliphatic heterocycles. The quantitative estimate of drug-likeness (QED) is 0.453. The Bertz CT molecular complexity index is 222. The van der Waals surface area contributed by atoms with Crippen molar-refractivity contribution >= 4 is 7.37 Å². The predicted octanol–water partition coefficient (Wildman–Crippen LogP) is 4.82. The van der Waals surface area contributed by atoms with E-state index in [1.807, 2.05) is 0 Å². The molecular formula is C13H27O2P. The number of hydrogen-bond donors (Lipinski definition) is 0. The Morgan fingerprint density at radius 2 is 1.75 bits per heavy atom. The summed E-state index contributed by atoms with van der Waals surface area (Å²) in [6.07, 6.45) is 9.92. The molecule has 96 valence electrons. The third-order valence-electron chi connectivity index (χ3n) is 3.51. The van der Waals surface area contributed by atoms with Gasteiger partial charge in [0.2, 0.25) is 7.37 Å². The summed E-state index contributed by atoms with van der Waals surface area (Å²) in [4.78, 5) is 0. The third kappa shape index (κ3) is 4.22. The number of rotatable bonds is 8. The zero-order valence-electron chi connectivity index (χ0n) is 10.9. The molecule has 0 heterocycles. The molecule has 0 radical (unpaired) electrons. The molecule has 1 aliphatic rings. The van der Waals surface area contributed by atoms with E-state index >= 15 is 0 Å². The Morgan fingerprint density at radius 1 is 1.12 bits per heavy atom. The van der Waals surface area contributed by atoms with E-state index in [9.17, 15) is 4.57 Å². The van der Waals surface area contributed by atoms with Crippen LogP contribution in [0.4, 0.5) is 0 Å². The lowest BCUT2D eigenvalue weighted by molar-refractivity contribution is 0.298. The molecule has 1 saturated carbocycles. The molecule has 1 atom stereocenters. The van der Waals surface area contributed by atoms with Crippen molar-refractivity contribution in [3.05, 3.63) is 0 Å². The van der Waals surface area contributed by atoms with Crippen LogP contribution in [0.25, 0.3) is 0 Å². The summed E-state index contributed by atoms with van der Waals surface area (Å²) < 4.78 is 18.6. The molecule has 1 unspecified atom stereocenters. The maximum Gasteiger partial charge on any atom is 0.206 e. The summed E-state index contributed by atoms with van der Waals surface area (Å²) in [6, 6.07) is 0. The van der Waals surface area contributed by atoms with Gasteiger partial charge in [0.05, 0.1) is 6.61 Å². The lowest BCUT2D eigenvalue weighted by atomic mass is 10.4. The second-order valence-electron chi connectivity index (χ2n) is 4.93. The molecule has 0 spiro atoms. The van der Waals surface area contributed by atoms with Gasteiger partial charge in [-0.2, -0.15) is 0 Å². The maximum absolute atomic E-state index is 12.8. The molecule has 3 heteroatoms. The summed E-state index contributed by atoms with van der Waals surface area (Å²) in [7, 11) is -2.31. The van der Waals surface area contributed by atoms with Crippen molar-refractivity contribution in [3.63, 3.8) is 0 Å². The van der Waals surface area contributed by atoms with E-state index in [2.05, 4.69) is 13.8 Å². The largest absolute Gasteiger partial charge is 0.328 e. The van der Waals surface area contributed by atoms with Crippen LogP contribution in [-0.2, 0) is 9.09 Å². The van der Waals surface area contributed by atoms with E-state index in [-0.39, 0.29) is 0 Å². The van der Waals surface area contributed by atoms with E-state index in [0.29, 0.717) is 12.3 Å². The van der Waals surface area contributed by atoms with E-state index in [4.69, 9.17) is 4.52 Å². The Morgan fingerprint density at radius 3 is 2.31 bits per heavy atom. The van der Waals surface area contributed by atoms with Gasteiger partial charge in [-0.25, -0.2) is 0 Å². The molecule has 0 saturated heterocycles. The highest BCUT2D eigenvalue weighted by atomic mass is 31.2. The van der Waals surface area contributed by atoms with Gasteiger partial charge in [0.25, 0.3) is 0 Å². The first-order chi connectivity index (χ1) is 7.73. The van der Waals surface area contributed by atoms with Gasteiger partial charge < -0.3 is 4.52 Å². The Hall–Kier alpha value is 0.190. The van der Waals surface area contributed by atoms with Crippen LogP contribution in [0.2, 0.25) is 0 Å². The molecular weight excluding hydrogens is 219 g/mol. The van der Waals surface area contributed by atoms with E-state index in [1.54, 1.807) is 0 Å². The van der Waals surface area contributed by atoms with Crippen LogP contribution in [0.1, 0.15) is 65.2 Å². The van der Waals surface area contributed by atoms with Crippen molar-refractivity contribution in [1.29, 1.82) is 0 Å². The zero-order valence-corrected chi connectivity index (χ0v) is 11.8. The van der Waals surface area contributed by atoms with Crippen LogP contribution in [0.15, 0.2) is 0 Å². The van der Waals surface area contributed by atoms with Crippen LogP contribution in [0.3, 0.4) is 0 Å². The molecule has 16 heavy (non-hydrogen) atoms. The first kappa shape index (κ1) is 14.3. The van der Waals surface area contributed by atoms with Crippen molar-refractivity contribution in [2.75, 3.05) is 12.8 Å². The Labute approximate surface area is 101 Å². The molecule has 0 aromatic rings. The van der Waals surface area contributed by atoms with E-state index < -0.39 is 7.37 Å². The molecule has 0 aromatic heterocycles. The summed E-state index contributed by atoms with van der Waals surface area (Å²) in [6.45, 7) is 5.01. The first-order valence-electron chi connectivity index (χ1n) is 6.96. The molecule has 0 aromatic carbocycles. The first-order valence-corrected chi connectivity index (χ1v) is 8.84. The summed E-state index contributed by atoms with van der Waals surface area (Å²) >= 11 is 0. The third-order valence-corrected chi connectivity index (χ3v) is 6.70. The molecule has 0 amide bonds. The second-order valence-corrected chi connectivity index (χ2v) is 7.82. The fraction of sp³-hybridized carbons (Fsp3) is 1.00. The van der Waals surface area contributed by atoms with Crippen molar-refractivity contribution in [1.82, 2.24) is 0 Å². The standard InChI is InChI=1S/C13H27O2P/c1-3-5-11-15-16(14,12-6-4-2)13-9-7-8-10-13/h13H,3-12H2,1-2H3. The van der Waals surface area contributed by atoms with Gasteiger partial charge in [0.1, 0.15) is 0 Å². The van der Waals surface area contributed by atoms with Crippen LogP contribution in [-0.4, -0.2) is 18.4 Å². The van der Waals surface area contributed by atoms with Gasteiger partial charge in [0.15, 0.2) is 0 Å². The minimum Gasteiger partial charge on any atom is -0.328 e. The van der Waals surface area contributed by atoms with Crippen molar-refractivity contribution in [2.24, 2.45) is 0 Å². The second kappa shape index (κ2) is 7.50. The average molecular weight is 246 g/mol. The average Bonchev–Trinajstić information content (AvgIpc) is 2.81. The molecule has 1 aliphatic carbocycles. The molecule has 1 fully saturated rings. The van der Waals surface area contributed by atoms with Gasteiger partial charge in [-0.05, 0) is 25.7 Å². The normalized spacial score (nSPS) is 21.1. The van der Waals surface area contributed by atoms with Gasteiger partial charge in [-0.1, -0.05) is 39.5 Å².